The third-order valence-corrected chi connectivity index (χ3v) is 4.07. The van der Waals surface area contributed by atoms with Gasteiger partial charge in [0.1, 0.15) is 10.7 Å². The van der Waals surface area contributed by atoms with Gasteiger partial charge in [0, 0.05) is 25.9 Å². The summed E-state index contributed by atoms with van der Waals surface area (Å²) in [5.74, 6) is 0.548. The van der Waals surface area contributed by atoms with Crippen LogP contribution in [0.3, 0.4) is 0 Å². The number of aliphatic hydroxyl groups excluding tert-OH is 1. The number of nitrogens with zero attached hydrogens (tertiary/aromatic N) is 2. The molecule has 18 heavy (non-hydrogen) atoms. The van der Waals surface area contributed by atoms with Crippen molar-refractivity contribution in [2.75, 3.05) is 24.6 Å². The SMILES string of the molecule is NS(=O)(=O)c1cccnc1N1CCCC(CO)C1. The molecule has 1 aromatic heterocycles. The Balaban J connectivity index is 2.33. The van der Waals surface area contributed by atoms with Crippen molar-refractivity contribution < 1.29 is 13.5 Å². The standard InChI is InChI=1S/C11H17N3O3S/c12-18(16,17)10-4-1-5-13-11(10)14-6-2-3-9(7-14)8-15/h1,4-5,9,15H,2-3,6-8H2,(H2,12,16,17). The lowest BCUT2D eigenvalue weighted by Crippen LogP contribution is -2.38. The molecule has 0 saturated carbocycles. The molecule has 1 unspecified atom stereocenters. The third-order valence-electron chi connectivity index (χ3n) is 3.13. The number of rotatable bonds is 3. The minimum absolute atomic E-state index is 0.0450. The summed E-state index contributed by atoms with van der Waals surface area (Å²) in [6.45, 7) is 1.44. The largest absolute Gasteiger partial charge is 0.396 e. The molecule has 1 fully saturated rings. The summed E-state index contributed by atoms with van der Waals surface area (Å²) in [7, 11) is -3.77. The molecule has 0 spiro atoms. The topological polar surface area (TPSA) is 96.5 Å². The second-order valence-corrected chi connectivity index (χ2v) is 6.04. The molecule has 7 heteroatoms. The number of sulfonamides is 1. The number of piperidine rings is 1. The number of anilines is 1. The molecule has 1 atom stereocenters. The van der Waals surface area contributed by atoms with Crippen LogP contribution in [0.2, 0.25) is 0 Å². The van der Waals surface area contributed by atoms with Gasteiger partial charge in [0.15, 0.2) is 0 Å². The van der Waals surface area contributed by atoms with E-state index in [0.717, 1.165) is 19.4 Å². The maximum absolute atomic E-state index is 11.5. The maximum atomic E-state index is 11.5. The van der Waals surface area contributed by atoms with Crippen molar-refractivity contribution in [2.45, 2.75) is 17.7 Å². The van der Waals surface area contributed by atoms with Crippen LogP contribution in [-0.2, 0) is 10.0 Å². The van der Waals surface area contributed by atoms with Crippen molar-refractivity contribution in [1.29, 1.82) is 0 Å². The fourth-order valence-electron chi connectivity index (χ4n) is 2.25. The van der Waals surface area contributed by atoms with Gasteiger partial charge in [0.05, 0.1) is 0 Å². The van der Waals surface area contributed by atoms with Crippen molar-refractivity contribution in [2.24, 2.45) is 11.1 Å². The number of aliphatic hydroxyl groups is 1. The van der Waals surface area contributed by atoms with Gasteiger partial charge in [-0.1, -0.05) is 0 Å². The summed E-state index contributed by atoms with van der Waals surface area (Å²) in [6.07, 6.45) is 3.41. The quantitative estimate of drug-likeness (QED) is 0.802. The van der Waals surface area contributed by atoms with Gasteiger partial charge in [-0.15, -0.1) is 0 Å². The van der Waals surface area contributed by atoms with Crippen LogP contribution in [0.15, 0.2) is 23.2 Å². The van der Waals surface area contributed by atoms with Crippen molar-refractivity contribution in [3.8, 4) is 0 Å². The van der Waals surface area contributed by atoms with Gasteiger partial charge in [-0.05, 0) is 30.9 Å². The molecule has 100 valence electrons. The third kappa shape index (κ3) is 2.80. The highest BCUT2D eigenvalue weighted by Crippen LogP contribution is 2.26. The average molecular weight is 271 g/mol. The predicted molar refractivity (Wildman–Crippen MR) is 67.6 cm³/mol. The first-order chi connectivity index (χ1) is 8.52. The van der Waals surface area contributed by atoms with Gasteiger partial charge < -0.3 is 10.0 Å². The molecule has 3 N–H and O–H groups in total. The van der Waals surface area contributed by atoms with Crippen LogP contribution in [-0.4, -0.2) is 38.2 Å². The van der Waals surface area contributed by atoms with E-state index in [1.54, 1.807) is 12.3 Å². The highest BCUT2D eigenvalue weighted by Gasteiger charge is 2.25. The van der Waals surface area contributed by atoms with Gasteiger partial charge in [0.2, 0.25) is 10.0 Å². The summed E-state index contributed by atoms with van der Waals surface area (Å²) in [6, 6.07) is 3.01. The first-order valence-corrected chi connectivity index (χ1v) is 7.40. The lowest BCUT2D eigenvalue weighted by atomic mass is 9.99. The average Bonchev–Trinajstić information content (AvgIpc) is 2.38. The number of hydrogen-bond donors (Lipinski definition) is 2. The Morgan fingerprint density at radius 3 is 3.00 bits per heavy atom. The summed E-state index contributed by atoms with van der Waals surface area (Å²) in [4.78, 5) is 6.05. The molecule has 1 saturated heterocycles. The summed E-state index contributed by atoms with van der Waals surface area (Å²) in [5, 5.41) is 14.4. The molecule has 1 aliphatic heterocycles. The first kappa shape index (κ1) is 13.3. The summed E-state index contributed by atoms with van der Waals surface area (Å²) < 4.78 is 23.0. The lowest BCUT2D eigenvalue weighted by molar-refractivity contribution is 0.208. The van der Waals surface area contributed by atoms with E-state index < -0.39 is 10.0 Å². The van der Waals surface area contributed by atoms with Crippen LogP contribution in [0, 0.1) is 5.92 Å². The molecule has 2 heterocycles. The van der Waals surface area contributed by atoms with Gasteiger partial charge in [-0.25, -0.2) is 18.5 Å². The zero-order valence-corrected chi connectivity index (χ0v) is 10.8. The molecule has 0 aliphatic carbocycles. The zero-order chi connectivity index (χ0) is 13.2. The highest BCUT2D eigenvalue weighted by atomic mass is 32.2. The Kier molecular flexibility index (Phi) is 3.84. The van der Waals surface area contributed by atoms with Crippen LogP contribution in [0.25, 0.3) is 0 Å². The van der Waals surface area contributed by atoms with E-state index in [1.165, 1.54) is 6.07 Å². The molecule has 0 aromatic carbocycles. The number of aromatic nitrogens is 1. The van der Waals surface area contributed by atoms with E-state index in [0.29, 0.717) is 12.4 Å². The number of hydrogen-bond acceptors (Lipinski definition) is 5. The number of primary sulfonamides is 1. The fourth-order valence-corrected chi connectivity index (χ4v) is 2.95. The minimum atomic E-state index is -3.77. The molecule has 0 amide bonds. The molecule has 1 aliphatic rings. The molecule has 2 rings (SSSR count). The van der Waals surface area contributed by atoms with Crippen molar-refractivity contribution in [3.05, 3.63) is 18.3 Å². The number of nitrogens with two attached hydrogens (primary N) is 1. The zero-order valence-electron chi connectivity index (χ0n) is 9.99. The minimum Gasteiger partial charge on any atom is -0.396 e. The molecule has 0 bridgehead atoms. The second-order valence-electron chi connectivity index (χ2n) is 4.51. The Morgan fingerprint density at radius 1 is 1.56 bits per heavy atom. The van der Waals surface area contributed by atoms with E-state index in [-0.39, 0.29) is 17.4 Å². The van der Waals surface area contributed by atoms with E-state index in [9.17, 15) is 13.5 Å². The van der Waals surface area contributed by atoms with Crippen LogP contribution >= 0.6 is 0 Å². The monoisotopic (exact) mass is 271 g/mol. The van der Waals surface area contributed by atoms with E-state index in [1.807, 2.05) is 4.90 Å². The summed E-state index contributed by atoms with van der Waals surface area (Å²) in [5.41, 5.74) is 0. The molecular weight excluding hydrogens is 254 g/mol. The maximum Gasteiger partial charge on any atom is 0.241 e. The van der Waals surface area contributed by atoms with E-state index in [2.05, 4.69) is 4.98 Å². The fraction of sp³-hybridized carbons (Fsp3) is 0.545. The normalized spacial score (nSPS) is 21.0. The van der Waals surface area contributed by atoms with Crippen molar-refractivity contribution >= 4 is 15.8 Å². The Hall–Kier alpha value is -1.18. The van der Waals surface area contributed by atoms with Gasteiger partial charge >= 0.3 is 0 Å². The van der Waals surface area contributed by atoms with Gasteiger partial charge in [-0.2, -0.15) is 0 Å². The van der Waals surface area contributed by atoms with E-state index >= 15 is 0 Å². The van der Waals surface area contributed by atoms with Crippen molar-refractivity contribution in [1.82, 2.24) is 4.98 Å². The predicted octanol–water partition coefficient (Wildman–Crippen LogP) is -0.0623. The Labute approximate surface area is 106 Å². The Morgan fingerprint density at radius 2 is 2.33 bits per heavy atom. The lowest BCUT2D eigenvalue weighted by Gasteiger charge is -2.33. The summed E-state index contributed by atoms with van der Waals surface area (Å²) >= 11 is 0. The van der Waals surface area contributed by atoms with Crippen LogP contribution in [0.4, 0.5) is 5.82 Å². The van der Waals surface area contributed by atoms with Crippen LogP contribution in [0.5, 0.6) is 0 Å². The molecule has 6 nitrogen and oxygen atoms in total. The molecular formula is C11H17N3O3S. The second kappa shape index (κ2) is 5.21. The van der Waals surface area contributed by atoms with Gasteiger partial charge in [0.25, 0.3) is 0 Å². The van der Waals surface area contributed by atoms with Crippen LogP contribution in [0.1, 0.15) is 12.8 Å². The first-order valence-electron chi connectivity index (χ1n) is 5.86. The smallest absolute Gasteiger partial charge is 0.241 e. The molecule has 1 aromatic rings. The van der Waals surface area contributed by atoms with E-state index in [4.69, 9.17) is 5.14 Å². The number of pyridine rings is 1. The molecule has 0 radical (unpaired) electrons. The van der Waals surface area contributed by atoms with Crippen molar-refractivity contribution in [3.63, 3.8) is 0 Å². The Bertz CT molecular complexity index is 518. The van der Waals surface area contributed by atoms with Crippen LogP contribution < -0.4 is 10.0 Å². The highest BCUT2D eigenvalue weighted by molar-refractivity contribution is 7.89. The van der Waals surface area contributed by atoms with Gasteiger partial charge in [-0.3, -0.25) is 0 Å².